The van der Waals surface area contributed by atoms with Gasteiger partial charge in [-0.05, 0) is 54.9 Å². The first kappa shape index (κ1) is 34.6. The van der Waals surface area contributed by atoms with Crippen LogP contribution < -0.4 is 16.4 Å². The highest BCUT2D eigenvalue weighted by Crippen LogP contribution is 2.49. The predicted octanol–water partition coefficient (Wildman–Crippen LogP) is 10.5. The quantitative estimate of drug-likeness (QED) is 0.0913. The highest BCUT2D eigenvalue weighted by Gasteiger charge is 2.42. The summed E-state index contributed by atoms with van der Waals surface area (Å²) in [6.07, 6.45) is -17.6. The van der Waals surface area contributed by atoms with E-state index in [-0.39, 0.29) is 22.8 Å². The Morgan fingerprint density at radius 2 is 0.816 bits per heavy atom. The monoisotopic (exact) mass is 789 g/mol. The first-order valence-corrected chi connectivity index (χ1v) is 16.1. The van der Waals surface area contributed by atoms with Gasteiger partial charge in [-0.3, -0.25) is 0 Å². The van der Waals surface area contributed by atoms with Gasteiger partial charge < -0.3 is 0 Å². The molecule has 0 spiro atoms. The summed E-state index contributed by atoms with van der Waals surface area (Å²) >= 11 is 2.05. The summed E-state index contributed by atoms with van der Waals surface area (Å²) in [5, 5.41) is 0. The SMILES string of the molecule is FC(F)(F)c1cccc([B-](C2=C(I)C(c3ccccc3)=C(c3ccccc3)C2)(c2cccc(C(F)(F)F)c2)c2cccc(C(F)(F)F)c2)c1. The topological polar surface area (TPSA) is 0 Å². The van der Waals surface area contributed by atoms with Gasteiger partial charge >= 0.3 is 18.5 Å². The Labute approximate surface area is 290 Å². The number of hydrogen-bond acceptors (Lipinski definition) is 0. The van der Waals surface area contributed by atoms with Crippen LogP contribution in [0.15, 0.2) is 143 Å². The average Bonchev–Trinajstić information content (AvgIpc) is 3.42. The molecular formula is C38H24BF9I-. The fraction of sp³-hybridized carbons (Fsp3) is 0.105. The van der Waals surface area contributed by atoms with Gasteiger partial charge in [0.05, 0.1) is 16.7 Å². The number of benzene rings is 5. The van der Waals surface area contributed by atoms with E-state index in [4.69, 9.17) is 0 Å². The van der Waals surface area contributed by atoms with Gasteiger partial charge in [-0.1, -0.05) is 133 Å². The van der Waals surface area contributed by atoms with Crippen molar-refractivity contribution < 1.29 is 39.5 Å². The second-order valence-corrected chi connectivity index (χ2v) is 12.9. The smallest absolute Gasteiger partial charge is 0.199 e. The summed E-state index contributed by atoms with van der Waals surface area (Å²) in [5.74, 6) is 0. The Morgan fingerprint density at radius 1 is 0.449 bits per heavy atom. The predicted molar refractivity (Wildman–Crippen MR) is 184 cm³/mol. The maximum Gasteiger partial charge on any atom is 0.416 e. The molecule has 1 aliphatic carbocycles. The zero-order valence-electron chi connectivity index (χ0n) is 25.3. The van der Waals surface area contributed by atoms with Crippen molar-refractivity contribution in [3.05, 3.63) is 170 Å². The Hall–Kier alpha value is -4.26. The molecule has 1 aliphatic rings. The van der Waals surface area contributed by atoms with E-state index in [1.165, 1.54) is 18.2 Å². The molecule has 0 aliphatic heterocycles. The van der Waals surface area contributed by atoms with Crippen molar-refractivity contribution in [3.8, 4) is 0 Å². The Kier molecular flexibility index (Phi) is 9.10. The van der Waals surface area contributed by atoms with Crippen molar-refractivity contribution in [3.63, 3.8) is 0 Å². The van der Waals surface area contributed by atoms with Gasteiger partial charge in [0, 0.05) is 0 Å². The summed E-state index contributed by atoms with van der Waals surface area (Å²) in [6.45, 7) is 0. The highest BCUT2D eigenvalue weighted by molar-refractivity contribution is 14.1. The second kappa shape index (κ2) is 12.9. The molecule has 0 N–H and O–H groups in total. The van der Waals surface area contributed by atoms with Crippen molar-refractivity contribution in [2.24, 2.45) is 0 Å². The van der Waals surface area contributed by atoms with E-state index < -0.39 is 41.4 Å². The third kappa shape index (κ3) is 6.57. The van der Waals surface area contributed by atoms with Crippen LogP contribution in [0.5, 0.6) is 0 Å². The van der Waals surface area contributed by atoms with Crippen LogP contribution in [0.2, 0.25) is 0 Å². The number of allylic oxidation sites excluding steroid dienone is 4. The van der Waals surface area contributed by atoms with Crippen molar-refractivity contribution in [1.82, 2.24) is 0 Å². The Bertz CT molecular complexity index is 1920. The minimum Gasteiger partial charge on any atom is -0.199 e. The molecule has 0 nitrogen and oxygen atoms in total. The lowest BCUT2D eigenvalue weighted by Crippen LogP contribution is -2.69. The van der Waals surface area contributed by atoms with Crippen LogP contribution >= 0.6 is 22.6 Å². The number of hydrogen-bond donors (Lipinski definition) is 0. The van der Waals surface area contributed by atoms with Gasteiger partial charge in [0.25, 0.3) is 0 Å². The first-order chi connectivity index (χ1) is 23.1. The molecule has 0 atom stereocenters. The van der Waals surface area contributed by atoms with Crippen LogP contribution in [-0.4, -0.2) is 6.15 Å². The molecule has 6 rings (SSSR count). The van der Waals surface area contributed by atoms with Crippen molar-refractivity contribution in [2.75, 3.05) is 0 Å². The number of rotatable bonds is 6. The van der Waals surface area contributed by atoms with Crippen LogP contribution in [0.3, 0.4) is 0 Å². The maximum absolute atomic E-state index is 14.3. The minimum atomic E-state index is -4.85. The van der Waals surface area contributed by atoms with Crippen molar-refractivity contribution >= 4 is 56.3 Å². The standard InChI is InChI=1S/C38H24BF9I/c40-36(41,42)26-14-7-17-29(20-26)39(30-18-8-15-27(21-30)37(43,44)45,31-19-9-16-28(22-31)38(46,47)48)33-23-32(24-10-3-1-4-11-24)34(35(33)49)25-12-5-2-6-13-25/h1-22H,23H2/q-1. The lowest BCUT2D eigenvalue weighted by molar-refractivity contribution is -0.138. The lowest BCUT2D eigenvalue weighted by Gasteiger charge is -2.46. The van der Waals surface area contributed by atoms with Gasteiger partial charge in [-0.15, -0.1) is 0 Å². The molecule has 0 unspecified atom stereocenters. The van der Waals surface area contributed by atoms with E-state index >= 15 is 0 Å². The van der Waals surface area contributed by atoms with Crippen molar-refractivity contribution in [1.29, 1.82) is 0 Å². The van der Waals surface area contributed by atoms with Crippen molar-refractivity contribution in [2.45, 2.75) is 24.9 Å². The third-order valence-corrected chi connectivity index (χ3v) is 10.3. The van der Waals surface area contributed by atoms with E-state index in [1.807, 2.05) is 30.3 Å². The molecule has 5 aromatic rings. The largest absolute Gasteiger partial charge is 0.416 e. The molecule has 0 radical (unpaired) electrons. The molecule has 49 heavy (non-hydrogen) atoms. The fourth-order valence-electron chi connectivity index (χ4n) is 6.92. The highest BCUT2D eigenvalue weighted by atomic mass is 127. The van der Waals surface area contributed by atoms with E-state index in [0.717, 1.165) is 71.3 Å². The average molecular weight is 789 g/mol. The summed E-state index contributed by atoms with van der Waals surface area (Å²) < 4.78 is 129. The van der Waals surface area contributed by atoms with E-state index in [1.54, 1.807) is 30.3 Å². The van der Waals surface area contributed by atoms with Gasteiger partial charge in [-0.25, -0.2) is 0 Å². The number of halogens is 10. The van der Waals surface area contributed by atoms with Gasteiger partial charge in [0.2, 0.25) is 0 Å². The van der Waals surface area contributed by atoms with Crippen LogP contribution in [0.25, 0.3) is 11.1 Å². The van der Waals surface area contributed by atoms with Crippen LogP contribution in [0, 0.1) is 0 Å². The van der Waals surface area contributed by atoms with Gasteiger partial charge in [0.1, 0.15) is 6.15 Å². The van der Waals surface area contributed by atoms with Crippen LogP contribution in [-0.2, 0) is 18.5 Å². The molecule has 0 amide bonds. The first-order valence-electron chi connectivity index (χ1n) is 15.0. The zero-order chi connectivity index (χ0) is 35.2. The molecule has 0 fully saturated rings. The maximum atomic E-state index is 14.3. The molecule has 11 heteroatoms. The Balaban J connectivity index is 1.79. The molecule has 0 bridgehead atoms. The van der Waals surface area contributed by atoms with Crippen LogP contribution in [0.1, 0.15) is 34.2 Å². The summed E-state index contributed by atoms with van der Waals surface area (Å²) in [5.41, 5.74) is -0.123. The van der Waals surface area contributed by atoms with E-state index in [9.17, 15) is 39.5 Å². The molecule has 0 heterocycles. The summed E-state index contributed by atoms with van der Waals surface area (Å²) in [6, 6.07) is 30.7. The second-order valence-electron chi connectivity index (χ2n) is 11.8. The fourth-order valence-corrected chi connectivity index (χ4v) is 8.21. The van der Waals surface area contributed by atoms with E-state index in [2.05, 4.69) is 22.6 Å². The van der Waals surface area contributed by atoms with E-state index in [0.29, 0.717) is 14.6 Å². The molecule has 0 aromatic heterocycles. The Morgan fingerprint density at radius 3 is 1.18 bits per heavy atom. The minimum absolute atomic E-state index is 0.0370. The van der Waals surface area contributed by atoms with Gasteiger partial charge in [0.15, 0.2) is 0 Å². The summed E-state index contributed by atoms with van der Waals surface area (Å²) in [4.78, 5) is 0. The molecule has 0 saturated heterocycles. The molecule has 0 saturated carbocycles. The lowest BCUT2D eigenvalue weighted by atomic mass is 9.12. The molecular weight excluding hydrogens is 765 g/mol. The normalized spacial score (nSPS) is 14.5. The zero-order valence-corrected chi connectivity index (χ0v) is 27.4. The van der Waals surface area contributed by atoms with Gasteiger partial charge in [-0.2, -0.15) is 61.4 Å². The van der Waals surface area contributed by atoms with Crippen LogP contribution in [0.4, 0.5) is 39.5 Å². The molecule has 5 aromatic carbocycles. The molecule has 250 valence electrons. The third-order valence-electron chi connectivity index (χ3n) is 9.02. The summed E-state index contributed by atoms with van der Waals surface area (Å²) in [7, 11) is 0. The number of alkyl halides is 9.